The summed E-state index contributed by atoms with van der Waals surface area (Å²) in [6.07, 6.45) is 13.4. The van der Waals surface area contributed by atoms with Crippen LogP contribution in [0.15, 0.2) is 93.3 Å². The molecule has 256 valence electrons. The number of nitrogens with zero attached hydrogens (tertiary/aromatic N) is 4. The molecule has 0 aromatic heterocycles. The van der Waals surface area contributed by atoms with Gasteiger partial charge < -0.3 is 14.9 Å². The van der Waals surface area contributed by atoms with E-state index in [1.54, 1.807) is 43.3 Å². The van der Waals surface area contributed by atoms with E-state index in [9.17, 15) is 10.2 Å². The molecule has 2 N–H and O–H groups in total. The van der Waals surface area contributed by atoms with Crippen LogP contribution < -0.4 is 4.74 Å². The molecule has 0 aliphatic rings. The quantitative estimate of drug-likeness (QED) is 0.0932. The largest absolute Gasteiger partial charge is 0.508 e. The molecule has 0 amide bonds. The molecule has 0 saturated carbocycles. The van der Waals surface area contributed by atoms with Crippen molar-refractivity contribution in [1.82, 2.24) is 0 Å². The van der Waals surface area contributed by atoms with Crippen LogP contribution in [0, 0.1) is 34.6 Å². The lowest BCUT2D eigenvalue weighted by atomic mass is 10.1. The van der Waals surface area contributed by atoms with E-state index in [0.717, 1.165) is 46.8 Å². The van der Waals surface area contributed by atoms with E-state index in [-0.39, 0.29) is 11.5 Å². The lowest BCUT2D eigenvalue weighted by molar-refractivity contribution is 0.304. The predicted molar refractivity (Wildman–Crippen MR) is 198 cm³/mol. The highest BCUT2D eigenvalue weighted by atomic mass is 16.5. The van der Waals surface area contributed by atoms with Gasteiger partial charge in [-0.25, -0.2) is 0 Å². The third-order valence-electron chi connectivity index (χ3n) is 8.33. The number of rotatable bonds is 16. The fraction of sp³-hybridized carbons (Fsp3) is 0.415. The Kier molecular flexibility index (Phi) is 16.3. The summed E-state index contributed by atoms with van der Waals surface area (Å²) in [7, 11) is 0. The molecule has 0 atom stereocenters. The minimum absolute atomic E-state index is 0.215. The van der Waals surface area contributed by atoms with Gasteiger partial charge in [0.05, 0.1) is 29.4 Å². The zero-order chi connectivity index (χ0) is 34.7. The number of hydrogen-bond acceptors (Lipinski definition) is 7. The summed E-state index contributed by atoms with van der Waals surface area (Å²) in [4.78, 5) is 0. The van der Waals surface area contributed by atoms with Gasteiger partial charge in [-0.15, -0.1) is 0 Å². The molecule has 0 heterocycles. The van der Waals surface area contributed by atoms with Gasteiger partial charge in [0.2, 0.25) is 0 Å². The van der Waals surface area contributed by atoms with Crippen molar-refractivity contribution in [3.63, 3.8) is 0 Å². The molecule has 0 bridgehead atoms. The van der Waals surface area contributed by atoms with Crippen molar-refractivity contribution < 1.29 is 14.9 Å². The third-order valence-corrected chi connectivity index (χ3v) is 8.33. The van der Waals surface area contributed by atoms with E-state index in [1.807, 2.05) is 25.1 Å². The van der Waals surface area contributed by atoms with Crippen LogP contribution in [-0.4, -0.2) is 16.8 Å². The Labute approximate surface area is 287 Å². The van der Waals surface area contributed by atoms with Crippen LogP contribution in [0.25, 0.3) is 0 Å². The minimum Gasteiger partial charge on any atom is -0.508 e. The van der Waals surface area contributed by atoms with E-state index in [4.69, 9.17) is 4.74 Å². The number of phenols is 2. The Morgan fingerprint density at radius 3 is 1.58 bits per heavy atom. The van der Waals surface area contributed by atoms with E-state index in [0.29, 0.717) is 11.4 Å². The van der Waals surface area contributed by atoms with Gasteiger partial charge in [0.1, 0.15) is 17.2 Å². The van der Waals surface area contributed by atoms with Gasteiger partial charge in [0, 0.05) is 0 Å². The summed E-state index contributed by atoms with van der Waals surface area (Å²) >= 11 is 0. The van der Waals surface area contributed by atoms with Crippen molar-refractivity contribution in [1.29, 1.82) is 0 Å². The Hall–Kier alpha value is -4.52. The Balaban J connectivity index is 0.000000294. The van der Waals surface area contributed by atoms with Crippen LogP contribution in [0.1, 0.15) is 98.9 Å². The van der Waals surface area contributed by atoms with Crippen molar-refractivity contribution in [2.24, 2.45) is 20.5 Å². The fourth-order valence-corrected chi connectivity index (χ4v) is 5.07. The first-order valence-corrected chi connectivity index (χ1v) is 17.4. The molecule has 0 radical (unpaired) electrons. The standard InChI is InChI=1S/C27H40N2O.C14H14N2O2/c1-5-6-7-8-9-10-11-12-13-14-19-30-26-17-18-27(24(4)21-26)29-28-25-16-15-22(2)23(3)20-25;1-9-8-12(17)4-5-13(9)16-15-11-3-6-14(18)10(2)7-11/h15-18,20-21H,5-14,19H2,1-4H3;3-8,17-18H,1-2H3. The predicted octanol–water partition coefficient (Wildman–Crippen LogP) is 13.5. The van der Waals surface area contributed by atoms with Gasteiger partial charge in [-0.05, 0) is 136 Å². The van der Waals surface area contributed by atoms with E-state index in [2.05, 4.69) is 66.4 Å². The Morgan fingerprint density at radius 1 is 0.479 bits per heavy atom. The summed E-state index contributed by atoms with van der Waals surface area (Å²) < 4.78 is 5.93. The summed E-state index contributed by atoms with van der Waals surface area (Å²) in [6, 6.07) is 22.2. The van der Waals surface area contributed by atoms with Crippen molar-refractivity contribution >= 4 is 22.7 Å². The van der Waals surface area contributed by atoms with Crippen LogP contribution >= 0.6 is 0 Å². The highest BCUT2D eigenvalue weighted by Gasteiger charge is 2.03. The molecule has 0 aliphatic carbocycles. The van der Waals surface area contributed by atoms with Gasteiger partial charge >= 0.3 is 0 Å². The Bertz CT molecular complexity index is 1630. The van der Waals surface area contributed by atoms with Gasteiger partial charge in [0.25, 0.3) is 0 Å². The topological polar surface area (TPSA) is 99.1 Å². The van der Waals surface area contributed by atoms with Crippen molar-refractivity contribution in [3.05, 3.63) is 101 Å². The normalized spacial score (nSPS) is 11.2. The smallest absolute Gasteiger partial charge is 0.119 e. The number of unbranched alkanes of at least 4 members (excludes halogenated alkanes) is 9. The van der Waals surface area contributed by atoms with E-state index in [1.165, 1.54) is 68.9 Å². The first-order valence-electron chi connectivity index (χ1n) is 17.4. The number of aryl methyl sites for hydroxylation is 5. The first kappa shape index (κ1) is 37.9. The average molecular weight is 651 g/mol. The first-order chi connectivity index (χ1) is 23.2. The SMILES string of the molecule is CCCCCCCCCCCCOc1ccc(N=Nc2ccc(C)c(C)c2)c(C)c1.Cc1cc(N=Nc2ccc(O)cc2C)ccc1O. The number of azo groups is 2. The van der Waals surface area contributed by atoms with Crippen LogP contribution in [-0.2, 0) is 0 Å². The van der Waals surface area contributed by atoms with E-state index < -0.39 is 0 Å². The maximum Gasteiger partial charge on any atom is 0.119 e. The van der Waals surface area contributed by atoms with Gasteiger partial charge in [-0.1, -0.05) is 70.8 Å². The summed E-state index contributed by atoms with van der Waals surface area (Å²) in [5.41, 5.74) is 8.37. The highest BCUT2D eigenvalue weighted by molar-refractivity contribution is 5.51. The molecule has 4 aromatic rings. The number of benzene rings is 4. The van der Waals surface area contributed by atoms with Gasteiger partial charge in [-0.2, -0.15) is 20.5 Å². The molecule has 7 heteroatoms. The summed E-state index contributed by atoms with van der Waals surface area (Å²) in [5, 5.41) is 35.7. The number of phenolic OH excluding ortho intramolecular Hbond substituents is 2. The van der Waals surface area contributed by atoms with Crippen LogP contribution in [0.2, 0.25) is 0 Å². The van der Waals surface area contributed by atoms with Crippen molar-refractivity contribution in [3.8, 4) is 17.2 Å². The molecular weight excluding hydrogens is 596 g/mol. The van der Waals surface area contributed by atoms with Crippen LogP contribution in [0.5, 0.6) is 17.2 Å². The molecular formula is C41H54N4O3. The highest BCUT2D eigenvalue weighted by Crippen LogP contribution is 2.28. The second-order valence-corrected chi connectivity index (χ2v) is 12.6. The fourth-order valence-electron chi connectivity index (χ4n) is 5.07. The summed E-state index contributed by atoms with van der Waals surface area (Å²) in [6.45, 7) is 13.0. The van der Waals surface area contributed by atoms with Gasteiger partial charge in [-0.3, -0.25) is 0 Å². The number of hydrogen-bond donors (Lipinski definition) is 2. The maximum atomic E-state index is 9.40. The zero-order valence-electron chi connectivity index (χ0n) is 29.8. The molecule has 0 unspecified atom stereocenters. The molecule has 0 fully saturated rings. The molecule has 4 aromatic carbocycles. The second-order valence-electron chi connectivity index (χ2n) is 12.6. The zero-order valence-corrected chi connectivity index (χ0v) is 29.8. The lowest BCUT2D eigenvalue weighted by Crippen LogP contribution is -1.97. The average Bonchev–Trinajstić information content (AvgIpc) is 3.06. The Morgan fingerprint density at radius 2 is 1.02 bits per heavy atom. The van der Waals surface area contributed by atoms with Crippen molar-refractivity contribution in [2.75, 3.05) is 6.61 Å². The monoisotopic (exact) mass is 650 g/mol. The van der Waals surface area contributed by atoms with Crippen molar-refractivity contribution in [2.45, 2.75) is 106 Å². The number of aromatic hydroxyl groups is 2. The third kappa shape index (κ3) is 13.7. The molecule has 7 nitrogen and oxygen atoms in total. The molecule has 0 saturated heterocycles. The van der Waals surface area contributed by atoms with Crippen LogP contribution in [0.3, 0.4) is 0 Å². The van der Waals surface area contributed by atoms with E-state index >= 15 is 0 Å². The van der Waals surface area contributed by atoms with Gasteiger partial charge in [0.15, 0.2) is 0 Å². The molecule has 48 heavy (non-hydrogen) atoms. The lowest BCUT2D eigenvalue weighted by Gasteiger charge is -2.08. The molecule has 0 spiro atoms. The van der Waals surface area contributed by atoms with Crippen LogP contribution in [0.4, 0.5) is 22.7 Å². The molecule has 4 rings (SSSR count). The summed E-state index contributed by atoms with van der Waals surface area (Å²) in [5.74, 6) is 1.38. The minimum atomic E-state index is 0.215. The number of ether oxygens (including phenoxy) is 1. The molecule has 0 aliphatic heterocycles. The second kappa shape index (κ2) is 20.7. The maximum absolute atomic E-state index is 9.40.